The summed E-state index contributed by atoms with van der Waals surface area (Å²) in [6, 6.07) is 14.6. The summed E-state index contributed by atoms with van der Waals surface area (Å²) in [5.41, 5.74) is -1.57. The van der Waals surface area contributed by atoms with Crippen LogP contribution in [0.5, 0.6) is 0 Å². The third-order valence-electron chi connectivity index (χ3n) is 7.24. The third-order valence-corrected chi connectivity index (χ3v) is 7.49. The number of halogens is 2. The number of nitriles is 1. The lowest BCUT2D eigenvalue weighted by Crippen LogP contribution is -2.50. The zero-order chi connectivity index (χ0) is 27.2. The van der Waals surface area contributed by atoms with Gasteiger partial charge >= 0.3 is 0 Å². The van der Waals surface area contributed by atoms with Gasteiger partial charge in [-0.2, -0.15) is 5.26 Å². The van der Waals surface area contributed by atoms with Gasteiger partial charge in [0.05, 0.1) is 46.7 Å². The lowest BCUT2D eigenvalue weighted by atomic mass is 9.88. The Morgan fingerprint density at radius 3 is 2.55 bits per heavy atom. The molecule has 3 atom stereocenters. The van der Waals surface area contributed by atoms with Crippen LogP contribution in [0.25, 0.3) is 0 Å². The van der Waals surface area contributed by atoms with Crippen molar-refractivity contribution in [2.75, 3.05) is 0 Å². The molecule has 1 aromatic heterocycles. The van der Waals surface area contributed by atoms with E-state index in [9.17, 15) is 15.0 Å². The minimum Gasteiger partial charge on any atom is -0.390 e. The van der Waals surface area contributed by atoms with E-state index in [1.807, 2.05) is 6.07 Å². The smallest absolute Gasteiger partial charge is 0.257 e. The molecule has 0 saturated heterocycles. The highest BCUT2D eigenvalue weighted by atomic mass is 35.5. The van der Waals surface area contributed by atoms with E-state index in [1.54, 1.807) is 36.4 Å². The average Bonchev–Trinajstić information content (AvgIpc) is 3.39. The third kappa shape index (κ3) is 4.46. The van der Waals surface area contributed by atoms with Crippen molar-refractivity contribution in [1.29, 1.82) is 5.26 Å². The van der Waals surface area contributed by atoms with Gasteiger partial charge in [-0.05, 0) is 75.1 Å². The molecular weight excluding hydrogens is 509 g/mol. The first-order chi connectivity index (χ1) is 18.0. The Labute approximate surface area is 225 Å². The van der Waals surface area contributed by atoms with Crippen LogP contribution in [0.2, 0.25) is 5.02 Å². The maximum Gasteiger partial charge on any atom is 0.257 e. The summed E-state index contributed by atoms with van der Waals surface area (Å²) < 4.78 is 22.8. The molecule has 38 heavy (non-hydrogen) atoms. The monoisotopic (exact) mass is 535 g/mol. The first-order valence-electron chi connectivity index (χ1n) is 12.4. The summed E-state index contributed by atoms with van der Waals surface area (Å²) in [5.74, 6) is -1.23. The number of nitrogens with zero attached hydrogens (tertiary/aromatic N) is 3. The zero-order valence-corrected chi connectivity index (χ0v) is 21.7. The summed E-state index contributed by atoms with van der Waals surface area (Å²) in [6.45, 7) is 2.97. The van der Waals surface area contributed by atoms with Gasteiger partial charge in [0.25, 0.3) is 5.91 Å². The van der Waals surface area contributed by atoms with Crippen molar-refractivity contribution in [2.24, 2.45) is 0 Å². The fourth-order valence-electron chi connectivity index (χ4n) is 5.26. The van der Waals surface area contributed by atoms with Gasteiger partial charge in [0.2, 0.25) is 5.72 Å². The van der Waals surface area contributed by atoms with Gasteiger partial charge in [0, 0.05) is 16.8 Å². The van der Waals surface area contributed by atoms with Crippen molar-refractivity contribution in [1.82, 2.24) is 9.88 Å². The summed E-state index contributed by atoms with van der Waals surface area (Å²) in [5, 5.41) is 30.9. The Morgan fingerprint density at radius 1 is 1.24 bits per heavy atom. The molecule has 1 aliphatic carbocycles. The van der Waals surface area contributed by atoms with Crippen molar-refractivity contribution in [3.8, 4) is 6.07 Å². The number of aliphatic hydroxyl groups excluding tert-OH is 1. The van der Waals surface area contributed by atoms with Crippen molar-refractivity contribution < 1.29 is 24.1 Å². The predicted molar refractivity (Wildman–Crippen MR) is 137 cm³/mol. The Balaban J connectivity index is 1.76. The molecular formula is C29H27ClFN3O4. The highest BCUT2D eigenvalue weighted by Crippen LogP contribution is 2.50. The number of rotatable bonds is 6. The second-order valence-electron chi connectivity index (χ2n) is 10.3. The van der Waals surface area contributed by atoms with Crippen molar-refractivity contribution in [3.05, 3.63) is 99.1 Å². The molecule has 7 nitrogen and oxygen atoms in total. The highest BCUT2D eigenvalue weighted by Gasteiger charge is 2.56. The molecule has 2 aliphatic rings. The molecule has 1 amide bonds. The molecule has 1 unspecified atom stereocenters. The van der Waals surface area contributed by atoms with Crippen LogP contribution in [0, 0.1) is 17.1 Å². The van der Waals surface area contributed by atoms with Gasteiger partial charge in [-0.1, -0.05) is 23.7 Å². The van der Waals surface area contributed by atoms with E-state index in [4.69, 9.17) is 21.6 Å². The number of aliphatic hydroxyl groups is 2. The van der Waals surface area contributed by atoms with Crippen LogP contribution in [-0.4, -0.2) is 38.2 Å². The van der Waals surface area contributed by atoms with E-state index in [0.29, 0.717) is 34.7 Å². The number of fused-ring (bicyclic) bond motifs is 1. The Morgan fingerprint density at radius 2 is 1.97 bits per heavy atom. The van der Waals surface area contributed by atoms with Crippen LogP contribution in [0.1, 0.15) is 71.4 Å². The maximum absolute atomic E-state index is 16.2. The summed E-state index contributed by atoms with van der Waals surface area (Å²) in [4.78, 5) is 19.8. The molecule has 2 heterocycles. The first kappa shape index (κ1) is 26.3. The zero-order valence-electron chi connectivity index (χ0n) is 21.0. The van der Waals surface area contributed by atoms with E-state index in [2.05, 4.69) is 4.98 Å². The van der Waals surface area contributed by atoms with Crippen molar-refractivity contribution in [2.45, 2.75) is 63.2 Å². The summed E-state index contributed by atoms with van der Waals surface area (Å²) in [7, 11) is 0. The van der Waals surface area contributed by atoms with E-state index in [-0.39, 0.29) is 23.2 Å². The van der Waals surface area contributed by atoms with Crippen molar-refractivity contribution >= 4 is 17.5 Å². The van der Waals surface area contributed by atoms with E-state index in [0.717, 1.165) is 6.42 Å². The van der Waals surface area contributed by atoms with Crippen LogP contribution in [0.3, 0.4) is 0 Å². The number of carbonyl (C=O) groups excluding carboxylic acids is 1. The van der Waals surface area contributed by atoms with Gasteiger partial charge in [-0.3, -0.25) is 14.7 Å². The van der Waals surface area contributed by atoms with E-state index >= 15 is 4.39 Å². The average molecular weight is 536 g/mol. The van der Waals surface area contributed by atoms with Crippen LogP contribution < -0.4 is 0 Å². The van der Waals surface area contributed by atoms with E-state index in [1.165, 1.54) is 37.1 Å². The number of benzene rings is 2. The topological polar surface area (TPSA) is 107 Å². The minimum absolute atomic E-state index is 0.00516. The molecule has 0 radical (unpaired) electrons. The molecule has 1 saturated carbocycles. The molecule has 2 N–H and O–H groups in total. The quantitative estimate of drug-likeness (QED) is 0.471. The summed E-state index contributed by atoms with van der Waals surface area (Å²) in [6.07, 6.45) is 1.75. The standard InChI is InChI=1S/C29H27ClFN3O4/c1-28(2,37)19-12-22-26(23(31)13-19)29(18-7-9-20(30)10-8-18,38-25-5-3-4-24(25)35)34(27(22)36)16-21-11-6-17(14-32)15-33-21/h6-13,15,24-25,35,37H,3-5,16H2,1-2H3/t24-,25+,29?/m0/s1. The SMILES string of the molecule is CC(C)(O)c1cc(F)c2c(c1)C(=O)N(Cc1ccc(C#N)cn1)C2(O[C@@H]1CCC[C@@H]1O)c1ccc(Cl)cc1. The Hall–Kier alpha value is -3.35. The van der Waals surface area contributed by atoms with Gasteiger partial charge < -0.3 is 14.9 Å². The van der Waals surface area contributed by atoms with Gasteiger partial charge in [0.15, 0.2) is 0 Å². The lowest BCUT2D eigenvalue weighted by Gasteiger charge is -2.42. The van der Waals surface area contributed by atoms with Crippen LogP contribution >= 0.6 is 11.6 Å². The normalized spacial score (nSPS) is 23.0. The molecule has 1 fully saturated rings. The molecule has 5 rings (SSSR count). The van der Waals surface area contributed by atoms with Crippen LogP contribution in [0.15, 0.2) is 54.7 Å². The number of ether oxygens (including phenoxy) is 1. The summed E-state index contributed by atoms with van der Waals surface area (Å²) >= 11 is 6.18. The fraction of sp³-hybridized carbons (Fsp3) is 0.345. The predicted octanol–water partition coefficient (Wildman–Crippen LogP) is 4.76. The second kappa shape index (κ2) is 9.75. The number of amides is 1. The van der Waals surface area contributed by atoms with Crippen LogP contribution in [-0.2, 0) is 22.6 Å². The number of aromatic nitrogens is 1. The van der Waals surface area contributed by atoms with Crippen LogP contribution in [0.4, 0.5) is 4.39 Å². The highest BCUT2D eigenvalue weighted by molar-refractivity contribution is 6.30. The van der Waals surface area contributed by atoms with Gasteiger partial charge in [-0.15, -0.1) is 0 Å². The molecule has 3 aromatic rings. The second-order valence-corrected chi connectivity index (χ2v) is 10.7. The molecule has 196 valence electrons. The number of hydrogen-bond acceptors (Lipinski definition) is 6. The molecule has 2 aromatic carbocycles. The molecule has 1 aliphatic heterocycles. The number of pyridine rings is 1. The maximum atomic E-state index is 16.2. The lowest BCUT2D eigenvalue weighted by molar-refractivity contribution is -0.169. The van der Waals surface area contributed by atoms with Gasteiger partial charge in [0.1, 0.15) is 11.9 Å². The largest absolute Gasteiger partial charge is 0.390 e. The van der Waals surface area contributed by atoms with Crippen molar-refractivity contribution in [3.63, 3.8) is 0 Å². The molecule has 9 heteroatoms. The minimum atomic E-state index is -1.75. The molecule has 0 bridgehead atoms. The van der Waals surface area contributed by atoms with Gasteiger partial charge in [-0.25, -0.2) is 4.39 Å². The first-order valence-corrected chi connectivity index (χ1v) is 12.8. The Bertz CT molecular complexity index is 1420. The number of hydrogen-bond donors (Lipinski definition) is 2. The van der Waals surface area contributed by atoms with E-state index < -0.39 is 35.3 Å². The molecule has 0 spiro atoms. The fourth-order valence-corrected chi connectivity index (χ4v) is 5.38. The number of carbonyl (C=O) groups is 1. The Kier molecular flexibility index (Phi) is 6.74.